The first-order chi connectivity index (χ1) is 5.08. The molecule has 2 N–H and O–H groups in total. The van der Waals surface area contributed by atoms with Gasteiger partial charge in [0.25, 0.3) is 0 Å². The summed E-state index contributed by atoms with van der Waals surface area (Å²) < 4.78 is 0. The second-order valence-corrected chi connectivity index (χ2v) is 3.85. The van der Waals surface area contributed by atoms with Crippen LogP contribution in [0.25, 0.3) is 0 Å². The summed E-state index contributed by atoms with van der Waals surface area (Å²) in [5.41, 5.74) is 0.298. The highest BCUT2D eigenvalue weighted by Crippen LogP contribution is 2.12. The van der Waals surface area contributed by atoms with E-state index in [1.807, 2.05) is 6.20 Å². The maximum absolute atomic E-state index is 4.05. The third kappa shape index (κ3) is 3.07. The molecule has 0 aromatic carbocycles. The summed E-state index contributed by atoms with van der Waals surface area (Å²) in [7, 11) is 0. The van der Waals surface area contributed by atoms with Gasteiger partial charge in [-0.1, -0.05) is 20.8 Å². The summed E-state index contributed by atoms with van der Waals surface area (Å²) in [5, 5.41) is 3.20. The molecule has 0 unspecified atom stereocenters. The van der Waals surface area contributed by atoms with Gasteiger partial charge < -0.3 is 10.3 Å². The van der Waals surface area contributed by atoms with Gasteiger partial charge in [0.15, 0.2) is 5.95 Å². The van der Waals surface area contributed by atoms with Gasteiger partial charge in [-0.05, 0) is 5.41 Å². The van der Waals surface area contributed by atoms with Crippen LogP contribution in [0, 0.1) is 5.41 Å². The Kier molecular flexibility index (Phi) is 2.17. The Morgan fingerprint density at radius 3 is 2.73 bits per heavy atom. The normalized spacial score (nSPS) is 11.5. The van der Waals surface area contributed by atoms with Gasteiger partial charge in [0.05, 0.1) is 0 Å². The topological polar surface area (TPSA) is 40.7 Å². The lowest BCUT2D eigenvalue weighted by atomic mass is 9.97. The van der Waals surface area contributed by atoms with E-state index in [0.717, 1.165) is 12.5 Å². The van der Waals surface area contributed by atoms with Crippen LogP contribution in [0.4, 0.5) is 5.95 Å². The molecule has 62 valence electrons. The Balaban J connectivity index is 2.35. The van der Waals surface area contributed by atoms with E-state index in [4.69, 9.17) is 0 Å². The van der Waals surface area contributed by atoms with Crippen LogP contribution in [-0.2, 0) is 0 Å². The van der Waals surface area contributed by atoms with Gasteiger partial charge in [-0.3, -0.25) is 0 Å². The van der Waals surface area contributed by atoms with Crippen LogP contribution in [0.1, 0.15) is 20.8 Å². The Morgan fingerprint density at radius 1 is 1.55 bits per heavy atom. The molecule has 0 saturated heterocycles. The summed E-state index contributed by atoms with van der Waals surface area (Å²) in [6.45, 7) is 7.48. The molecule has 0 fully saturated rings. The van der Waals surface area contributed by atoms with Crippen molar-refractivity contribution in [2.45, 2.75) is 20.8 Å². The van der Waals surface area contributed by atoms with E-state index in [2.05, 4.69) is 36.1 Å². The molecule has 1 heterocycles. The Labute approximate surface area is 67.2 Å². The van der Waals surface area contributed by atoms with Crippen molar-refractivity contribution in [1.82, 2.24) is 9.97 Å². The van der Waals surface area contributed by atoms with Crippen LogP contribution in [0.2, 0.25) is 0 Å². The van der Waals surface area contributed by atoms with Gasteiger partial charge in [-0.15, -0.1) is 0 Å². The van der Waals surface area contributed by atoms with Crippen LogP contribution in [0.3, 0.4) is 0 Å². The number of H-pyrrole nitrogens is 1. The van der Waals surface area contributed by atoms with Crippen molar-refractivity contribution in [1.29, 1.82) is 0 Å². The molecule has 1 aromatic rings. The number of aromatic nitrogens is 2. The number of hydrogen-bond acceptors (Lipinski definition) is 2. The predicted molar refractivity (Wildman–Crippen MR) is 46.5 cm³/mol. The second kappa shape index (κ2) is 2.95. The lowest BCUT2D eigenvalue weighted by molar-refractivity contribution is 0.442. The molecule has 11 heavy (non-hydrogen) atoms. The molecule has 0 bridgehead atoms. The number of nitrogens with zero attached hydrogens (tertiary/aromatic N) is 1. The summed E-state index contributed by atoms with van der Waals surface area (Å²) >= 11 is 0. The molecule has 0 spiro atoms. The first-order valence-corrected chi connectivity index (χ1v) is 3.81. The van der Waals surface area contributed by atoms with E-state index >= 15 is 0 Å². The molecule has 0 radical (unpaired) electrons. The maximum Gasteiger partial charge on any atom is 0.200 e. The minimum Gasteiger partial charge on any atom is -0.355 e. The monoisotopic (exact) mass is 153 g/mol. The standard InChI is InChI=1S/C8H15N3/c1-8(2,3)6-11-7-9-4-5-10-7/h4-5H,6H2,1-3H3,(H2,9,10,11). The molecule has 3 heteroatoms. The summed E-state index contributed by atoms with van der Waals surface area (Å²) in [5.74, 6) is 0.847. The molecule has 0 saturated carbocycles. The minimum absolute atomic E-state index is 0.298. The molecule has 1 aromatic heterocycles. The van der Waals surface area contributed by atoms with Crippen molar-refractivity contribution < 1.29 is 0 Å². The zero-order chi connectivity index (χ0) is 8.32. The van der Waals surface area contributed by atoms with E-state index in [1.165, 1.54) is 0 Å². The fraction of sp³-hybridized carbons (Fsp3) is 0.625. The first-order valence-electron chi connectivity index (χ1n) is 3.81. The van der Waals surface area contributed by atoms with Crippen LogP contribution >= 0.6 is 0 Å². The van der Waals surface area contributed by atoms with E-state index in [9.17, 15) is 0 Å². The van der Waals surface area contributed by atoms with Crippen molar-refractivity contribution in [2.24, 2.45) is 5.41 Å². The smallest absolute Gasteiger partial charge is 0.200 e. The average molecular weight is 153 g/mol. The van der Waals surface area contributed by atoms with Crippen molar-refractivity contribution in [3.8, 4) is 0 Å². The molecule has 0 atom stereocenters. The molecule has 0 aliphatic rings. The second-order valence-electron chi connectivity index (χ2n) is 3.85. The van der Waals surface area contributed by atoms with Gasteiger partial charge in [0, 0.05) is 18.9 Å². The molecule has 3 nitrogen and oxygen atoms in total. The number of hydrogen-bond donors (Lipinski definition) is 2. The van der Waals surface area contributed by atoms with E-state index < -0.39 is 0 Å². The van der Waals surface area contributed by atoms with Gasteiger partial charge in [0.2, 0.25) is 0 Å². The van der Waals surface area contributed by atoms with Crippen molar-refractivity contribution in [3.63, 3.8) is 0 Å². The number of imidazole rings is 1. The summed E-state index contributed by atoms with van der Waals surface area (Å²) in [6.07, 6.45) is 3.55. The molecule has 0 aliphatic carbocycles. The van der Waals surface area contributed by atoms with Crippen LogP contribution < -0.4 is 5.32 Å². The number of anilines is 1. The highest BCUT2D eigenvalue weighted by molar-refractivity contribution is 5.22. The molecular weight excluding hydrogens is 138 g/mol. The third-order valence-electron chi connectivity index (χ3n) is 1.28. The first kappa shape index (κ1) is 8.11. The largest absolute Gasteiger partial charge is 0.355 e. The molecular formula is C8H15N3. The minimum atomic E-state index is 0.298. The summed E-state index contributed by atoms with van der Waals surface area (Å²) in [4.78, 5) is 7.04. The van der Waals surface area contributed by atoms with E-state index in [0.29, 0.717) is 5.41 Å². The Hall–Kier alpha value is -0.990. The number of rotatable bonds is 2. The zero-order valence-corrected chi connectivity index (χ0v) is 7.31. The Bertz CT molecular complexity index is 196. The Morgan fingerprint density at radius 2 is 2.27 bits per heavy atom. The highest BCUT2D eigenvalue weighted by atomic mass is 15.1. The summed E-state index contributed by atoms with van der Waals surface area (Å²) in [6, 6.07) is 0. The predicted octanol–water partition coefficient (Wildman–Crippen LogP) is 1.87. The lowest BCUT2D eigenvalue weighted by Crippen LogP contribution is -2.19. The van der Waals surface area contributed by atoms with Gasteiger partial charge in [-0.25, -0.2) is 4.98 Å². The fourth-order valence-corrected chi connectivity index (χ4v) is 0.711. The van der Waals surface area contributed by atoms with Crippen LogP contribution in [0.5, 0.6) is 0 Å². The maximum atomic E-state index is 4.05. The third-order valence-corrected chi connectivity index (χ3v) is 1.28. The quantitative estimate of drug-likeness (QED) is 0.681. The van der Waals surface area contributed by atoms with Crippen LogP contribution in [0.15, 0.2) is 12.4 Å². The molecule has 0 aliphatic heterocycles. The van der Waals surface area contributed by atoms with E-state index in [-0.39, 0.29) is 0 Å². The van der Waals surface area contributed by atoms with Crippen LogP contribution in [-0.4, -0.2) is 16.5 Å². The molecule has 1 rings (SSSR count). The lowest BCUT2D eigenvalue weighted by Gasteiger charge is -2.17. The van der Waals surface area contributed by atoms with Crippen molar-refractivity contribution in [3.05, 3.63) is 12.4 Å². The van der Waals surface area contributed by atoms with Gasteiger partial charge >= 0.3 is 0 Å². The fourth-order valence-electron chi connectivity index (χ4n) is 0.711. The highest BCUT2D eigenvalue weighted by Gasteiger charge is 2.09. The number of aromatic amines is 1. The SMILES string of the molecule is CC(C)(C)CNc1ncc[nH]1. The van der Waals surface area contributed by atoms with Crippen molar-refractivity contribution in [2.75, 3.05) is 11.9 Å². The molecule has 0 amide bonds. The van der Waals surface area contributed by atoms with Crippen molar-refractivity contribution >= 4 is 5.95 Å². The number of nitrogens with one attached hydrogen (secondary N) is 2. The van der Waals surface area contributed by atoms with Gasteiger partial charge in [0.1, 0.15) is 0 Å². The zero-order valence-electron chi connectivity index (χ0n) is 7.31. The average Bonchev–Trinajstić information content (AvgIpc) is 2.32. The van der Waals surface area contributed by atoms with E-state index in [1.54, 1.807) is 6.20 Å². The van der Waals surface area contributed by atoms with Gasteiger partial charge in [-0.2, -0.15) is 0 Å².